The first-order chi connectivity index (χ1) is 13.6. The lowest BCUT2D eigenvalue weighted by atomic mass is 10.2. The highest BCUT2D eigenvalue weighted by Crippen LogP contribution is 2.26. The molecule has 1 aliphatic rings. The first-order valence-electron chi connectivity index (χ1n) is 9.13. The maximum atomic E-state index is 13.0. The van der Waals surface area contributed by atoms with Crippen LogP contribution < -0.4 is 9.80 Å². The van der Waals surface area contributed by atoms with Crippen LogP contribution in [0, 0.1) is 24.0 Å². The second-order valence-electron chi connectivity index (χ2n) is 7.12. The Labute approximate surface area is 170 Å². The minimum absolute atomic E-state index is 0.0592. The molecule has 2 heterocycles. The summed E-state index contributed by atoms with van der Waals surface area (Å²) in [4.78, 5) is 23.3. The molecule has 0 aliphatic carbocycles. The van der Waals surface area contributed by atoms with Crippen LogP contribution in [0.2, 0.25) is 0 Å². The third-order valence-corrected chi connectivity index (χ3v) is 6.74. The smallest absolute Gasteiger partial charge is 0.273 e. The zero-order chi connectivity index (χ0) is 21.3. The van der Waals surface area contributed by atoms with Gasteiger partial charge >= 0.3 is 0 Å². The van der Waals surface area contributed by atoms with Crippen LogP contribution in [-0.4, -0.2) is 67.9 Å². The summed E-state index contributed by atoms with van der Waals surface area (Å²) in [5.41, 5.74) is 0.229. The largest absolute Gasteiger partial charge is 0.363 e. The molecule has 1 saturated heterocycles. The molecule has 11 heteroatoms. The summed E-state index contributed by atoms with van der Waals surface area (Å²) in [6.07, 6.45) is 0. The van der Waals surface area contributed by atoms with Gasteiger partial charge in [-0.25, -0.2) is 18.4 Å². The fourth-order valence-electron chi connectivity index (χ4n) is 3.18. The van der Waals surface area contributed by atoms with E-state index < -0.39 is 14.9 Å². The number of aryl methyl sites for hydroxylation is 2. The van der Waals surface area contributed by atoms with E-state index in [2.05, 4.69) is 9.97 Å². The van der Waals surface area contributed by atoms with Crippen molar-refractivity contribution in [2.45, 2.75) is 18.7 Å². The topological polar surface area (TPSA) is 113 Å². The van der Waals surface area contributed by atoms with Crippen molar-refractivity contribution in [1.29, 1.82) is 0 Å². The molecule has 3 rings (SSSR count). The van der Waals surface area contributed by atoms with Crippen LogP contribution in [0.15, 0.2) is 29.2 Å². The Balaban J connectivity index is 1.78. The van der Waals surface area contributed by atoms with Crippen molar-refractivity contribution in [3.8, 4) is 0 Å². The van der Waals surface area contributed by atoms with E-state index in [-0.39, 0.29) is 23.7 Å². The Morgan fingerprint density at radius 2 is 1.72 bits per heavy atom. The third-order valence-electron chi connectivity index (χ3n) is 4.85. The number of anilines is 2. The van der Waals surface area contributed by atoms with Crippen molar-refractivity contribution >= 4 is 27.3 Å². The van der Waals surface area contributed by atoms with Crippen LogP contribution in [-0.2, 0) is 10.0 Å². The molecule has 0 N–H and O–H groups in total. The lowest BCUT2D eigenvalue weighted by Crippen LogP contribution is -2.49. The number of nitrogens with zero attached hydrogens (tertiary/aromatic N) is 6. The van der Waals surface area contributed by atoms with Crippen molar-refractivity contribution < 1.29 is 13.3 Å². The molecule has 0 radical (unpaired) electrons. The molecule has 10 nitrogen and oxygen atoms in total. The summed E-state index contributed by atoms with van der Waals surface area (Å²) < 4.78 is 27.3. The average molecular weight is 420 g/mol. The van der Waals surface area contributed by atoms with Gasteiger partial charge in [-0.05, 0) is 19.9 Å². The molecule has 156 valence electrons. The molecule has 1 aliphatic heterocycles. The molecule has 0 atom stereocenters. The summed E-state index contributed by atoms with van der Waals surface area (Å²) in [7, 11) is -0.00970. The first-order valence-corrected chi connectivity index (χ1v) is 10.6. The predicted octanol–water partition coefficient (Wildman–Crippen LogP) is 1.58. The van der Waals surface area contributed by atoms with Gasteiger partial charge < -0.3 is 9.80 Å². The van der Waals surface area contributed by atoms with E-state index in [1.54, 1.807) is 6.92 Å². The van der Waals surface area contributed by atoms with E-state index in [9.17, 15) is 18.5 Å². The highest BCUT2D eigenvalue weighted by molar-refractivity contribution is 7.89. The number of aromatic nitrogens is 2. The van der Waals surface area contributed by atoms with Gasteiger partial charge in [-0.3, -0.25) is 10.1 Å². The number of hydrogen-bond acceptors (Lipinski definition) is 8. The maximum Gasteiger partial charge on any atom is 0.273 e. The lowest BCUT2D eigenvalue weighted by molar-refractivity contribution is -0.385. The molecule has 0 unspecified atom stereocenters. The summed E-state index contributed by atoms with van der Waals surface area (Å²) in [6.45, 7) is 4.88. The Morgan fingerprint density at radius 3 is 2.31 bits per heavy atom. The van der Waals surface area contributed by atoms with Gasteiger partial charge in [0.05, 0.1) is 9.82 Å². The summed E-state index contributed by atoms with van der Waals surface area (Å²) in [6, 6.07) is 5.89. The lowest BCUT2D eigenvalue weighted by Gasteiger charge is -2.35. The summed E-state index contributed by atoms with van der Waals surface area (Å²) >= 11 is 0. The minimum atomic E-state index is -3.81. The van der Waals surface area contributed by atoms with Crippen LogP contribution in [0.5, 0.6) is 0 Å². The Morgan fingerprint density at radius 1 is 1.07 bits per heavy atom. The van der Waals surface area contributed by atoms with Gasteiger partial charge in [0.2, 0.25) is 10.0 Å². The number of nitro groups is 1. The second-order valence-corrected chi connectivity index (χ2v) is 9.06. The van der Waals surface area contributed by atoms with Gasteiger partial charge in [0.15, 0.2) is 0 Å². The maximum absolute atomic E-state index is 13.0. The summed E-state index contributed by atoms with van der Waals surface area (Å²) in [5.74, 6) is 2.19. The fraction of sp³-hybridized carbons (Fsp3) is 0.444. The van der Waals surface area contributed by atoms with Gasteiger partial charge in [-0.15, -0.1) is 0 Å². The van der Waals surface area contributed by atoms with Gasteiger partial charge in [0.25, 0.3) is 5.69 Å². The first kappa shape index (κ1) is 20.9. The molecule has 0 spiro atoms. The number of hydrogen-bond donors (Lipinski definition) is 0. The molecule has 0 bridgehead atoms. The fourth-order valence-corrected chi connectivity index (χ4v) is 4.62. The van der Waals surface area contributed by atoms with Crippen molar-refractivity contribution in [2.75, 3.05) is 50.1 Å². The van der Waals surface area contributed by atoms with Gasteiger partial charge in [-0.2, -0.15) is 4.31 Å². The van der Waals surface area contributed by atoms with E-state index in [1.165, 1.54) is 16.4 Å². The quantitative estimate of drug-likeness (QED) is 0.529. The van der Waals surface area contributed by atoms with Gasteiger partial charge in [0, 0.05) is 58.0 Å². The molecule has 1 fully saturated rings. The Bertz CT molecular complexity index is 1030. The molecule has 1 aromatic heterocycles. The predicted molar refractivity (Wildman–Crippen MR) is 110 cm³/mol. The van der Waals surface area contributed by atoms with E-state index >= 15 is 0 Å². The van der Waals surface area contributed by atoms with Crippen molar-refractivity contribution in [3.05, 3.63) is 45.8 Å². The summed E-state index contributed by atoms with van der Waals surface area (Å²) in [5, 5.41) is 11.2. The standard InChI is InChI=1S/C18H24N6O4S/c1-13-5-6-15(11-16(13)24(25)26)29(27,28)23-9-7-22(8-10-23)18-12-17(21(3)4)19-14(2)20-18/h5-6,11-12H,7-10H2,1-4H3. The van der Waals surface area contributed by atoms with Crippen LogP contribution in [0.1, 0.15) is 11.4 Å². The number of piperazine rings is 1. The van der Waals surface area contributed by atoms with Crippen LogP contribution in [0.3, 0.4) is 0 Å². The molecular weight excluding hydrogens is 396 g/mol. The molecule has 29 heavy (non-hydrogen) atoms. The monoisotopic (exact) mass is 420 g/mol. The molecule has 1 aromatic carbocycles. The number of nitro benzene ring substituents is 1. The average Bonchev–Trinajstić information content (AvgIpc) is 2.67. The molecular formula is C18H24N6O4S. The highest BCUT2D eigenvalue weighted by atomic mass is 32.2. The van der Waals surface area contributed by atoms with E-state index in [0.29, 0.717) is 24.5 Å². The van der Waals surface area contributed by atoms with Gasteiger partial charge in [-0.1, -0.05) is 6.07 Å². The number of sulfonamides is 1. The zero-order valence-corrected chi connectivity index (χ0v) is 17.7. The van der Waals surface area contributed by atoms with E-state index in [1.807, 2.05) is 36.9 Å². The SMILES string of the molecule is Cc1nc(N(C)C)cc(N2CCN(S(=O)(=O)c3ccc(C)c([N+](=O)[O-])c3)CC2)n1. The zero-order valence-electron chi connectivity index (χ0n) is 16.9. The third kappa shape index (κ3) is 4.30. The second kappa shape index (κ2) is 7.91. The van der Waals surface area contributed by atoms with Crippen molar-refractivity contribution in [2.24, 2.45) is 0 Å². The van der Waals surface area contributed by atoms with E-state index in [0.717, 1.165) is 17.7 Å². The number of benzene rings is 1. The minimum Gasteiger partial charge on any atom is -0.363 e. The van der Waals surface area contributed by atoms with E-state index in [4.69, 9.17) is 0 Å². The molecule has 0 amide bonds. The van der Waals surface area contributed by atoms with Crippen LogP contribution >= 0.6 is 0 Å². The highest BCUT2D eigenvalue weighted by Gasteiger charge is 2.30. The Kier molecular flexibility index (Phi) is 5.71. The van der Waals surface area contributed by atoms with Gasteiger partial charge in [0.1, 0.15) is 17.5 Å². The Hall–Kier alpha value is -2.79. The van der Waals surface area contributed by atoms with Crippen LogP contribution in [0.25, 0.3) is 0 Å². The molecule has 2 aromatic rings. The van der Waals surface area contributed by atoms with Crippen LogP contribution in [0.4, 0.5) is 17.3 Å². The van der Waals surface area contributed by atoms with Crippen molar-refractivity contribution in [1.82, 2.24) is 14.3 Å². The molecule has 0 saturated carbocycles. The normalized spacial score (nSPS) is 15.4. The number of rotatable bonds is 5. The van der Waals surface area contributed by atoms with Crippen molar-refractivity contribution in [3.63, 3.8) is 0 Å².